The van der Waals surface area contributed by atoms with E-state index < -0.39 is 11.9 Å². The fourth-order valence-corrected chi connectivity index (χ4v) is 2.59. The van der Waals surface area contributed by atoms with Crippen molar-refractivity contribution in [3.8, 4) is 0 Å². The highest BCUT2D eigenvalue weighted by Gasteiger charge is 2.16. The fourth-order valence-electron chi connectivity index (χ4n) is 2.59. The predicted octanol–water partition coefficient (Wildman–Crippen LogP) is 5.71. The Kier molecular flexibility index (Phi) is 6.51. The van der Waals surface area contributed by atoms with Crippen molar-refractivity contribution in [3.05, 3.63) is 70.8 Å². The zero-order valence-corrected chi connectivity index (χ0v) is 15.4. The van der Waals surface area contributed by atoms with Crippen LogP contribution in [0.15, 0.2) is 48.5 Å². The molecule has 0 aliphatic rings. The van der Waals surface area contributed by atoms with Crippen LogP contribution < -0.4 is 0 Å². The smallest absolute Gasteiger partial charge is 0.346 e. The lowest BCUT2D eigenvalue weighted by Gasteiger charge is -2.11. The van der Waals surface area contributed by atoms with Gasteiger partial charge in [-0.2, -0.15) is 0 Å². The highest BCUT2D eigenvalue weighted by atomic mass is 16.6. The third-order valence-corrected chi connectivity index (χ3v) is 4.82. The Labute approximate surface area is 150 Å². The first-order valence-corrected chi connectivity index (χ1v) is 8.92. The van der Waals surface area contributed by atoms with Gasteiger partial charge in [0.1, 0.15) is 0 Å². The molecule has 0 heterocycles. The van der Waals surface area contributed by atoms with Gasteiger partial charge in [0.25, 0.3) is 0 Å². The maximum Gasteiger partial charge on any atom is 0.346 e. The van der Waals surface area contributed by atoms with Gasteiger partial charge in [-0.15, -0.1) is 0 Å². The molecule has 2 rings (SSSR count). The van der Waals surface area contributed by atoms with Gasteiger partial charge in [0, 0.05) is 0 Å². The van der Waals surface area contributed by atoms with Crippen molar-refractivity contribution in [2.45, 2.75) is 52.4 Å². The minimum absolute atomic E-state index is 0.358. The van der Waals surface area contributed by atoms with Crippen molar-refractivity contribution in [2.75, 3.05) is 0 Å². The first-order valence-electron chi connectivity index (χ1n) is 8.92. The van der Waals surface area contributed by atoms with Crippen LogP contribution in [0.2, 0.25) is 0 Å². The summed E-state index contributed by atoms with van der Waals surface area (Å²) in [6, 6.07) is 14.5. The van der Waals surface area contributed by atoms with E-state index >= 15 is 0 Å². The van der Waals surface area contributed by atoms with Gasteiger partial charge in [-0.25, -0.2) is 9.59 Å². The number of carbonyl (C=O) groups is 2. The van der Waals surface area contributed by atoms with Crippen molar-refractivity contribution in [1.82, 2.24) is 0 Å². The number of hydrogen-bond donors (Lipinski definition) is 0. The lowest BCUT2D eigenvalue weighted by atomic mass is 9.97. The summed E-state index contributed by atoms with van der Waals surface area (Å²) >= 11 is 0. The molecule has 3 nitrogen and oxygen atoms in total. The van der Waals surface area contributed by atoms with E-state index in [1.807, 2.05) is 24.3 Å². The van der Waals surface area contributed by atoms with Crippen molar-refractivity contribution >= 4 is 11.9 Å². The average Bonchev–Trinajstić information content (AvgIpc) is 2.66. The molecule has 0 spiro atoms. The number of benzene rings is 2. The van der Waals surface area contributed by atoms with Gasteiger partial charge in [0.2, 0.25) is 0 Å². The van der Waals surface area contributed by atoms with Crippen LogP contribution in [0.3, 0.4) is 0 Å². The van der Waals surface area contributed by atoms with Crippen LogP contribution in [0.5, 0.6) is 0 Å². The molecule has 0 saturated heterocycles. The number of rotatable bonds is 6. The van der Waals surface area contributed by atoms with Crippen molar-refractivity contribution in [2.24, 2.45) is 0 Å². The average molecular weight is 338 g/mol. The van der Waals surface area contributed by atoms with Gasteiger partial charge < -0.3 is 4.74 Å². The van der Waals surface area contributed by atoms with E-state index in [0.717, 1.165) is 18.4 Å². The Morgan fingerprint density at radius 1 is 0.800 bits per heavy atom. The predicted molar refractivity (Wildman–Crippen MR) is 100 cm³/mol. The molecule has 0 N–H and O–H groups in total. The van der Waals surface area contributed by atoms with E-state index in [1.165, 1.54) is 5.56 Å². The van der Waals surface area contributed by atoms with Crippen LogP contribution >= 0.6 is 0 Å². The van der Waals surface area contributed by atoms with Gasteiger partial charge >= 0.3 is 11.9 Å². The Morgan fingerprint density at radius 2 is 1.36 bits per heavy atom. The molecular formula is C22H26O3. The highest BCUT2D eigenvalue weighted by molar-refractivity contribution is 6.02. The van der Waals surface area contributed by atoms with Gasteiger partial charge in [-0.3, -0.25) is 0 Å². The maximum atomic E-state index is 12.3. The zero-order valence-electron chi connectivity index (χ0n) is 15.4. The summed E-state index contributed by atoms with van der Waals surface area (Å²) in [5.41, 5.74) is 3.04. The third kappa shape index (κ3) is 4.79. The summed E-state index contributed by atoms with van der Waals surface area (Å²) in [4.78, 5) is 24.5. The quantitative estimate of drug-likeness (QED) is 0.500. The van der Waals surface area contributed by atoms with E-state index in [4.69, 9.17) is 4.74 Å². The molecule has 2 aromatic carbocycles. The topological polar surface area (TPSA) is 43.4 Å². The molecule has 0 saturated carbocycles. The van der Waals surface area contributed by atoms with E-state index in [2.05, 4.69) is 27.7 Å². The minimum Gasteiger partial charge on any atom is -0.386 e. The normalized spacial score (nSPS) is 13.1. The van der Waals surface area contributed by atoms with Gasteiger partial charge in [-0.05, 0) is 60.1 Å². The second-order valence-corrected chi connectivity index (χ2v) is 6.54. The maximum absolute atomic E-state index is 12.3. The van der Waals surface area contributed by atoms with Gasteiger partial charge in [0.15, 0.2) is 0 Å². The second kappa shape index (κ2) is 8.61. The van der Waals surface area contributed by atoms with Crippen LogP contribution in [0.1, 0.15) is 84.2 Å². The highest BCUT2D eigenvalue weighted by Crippen LogP contribution is 2.21. The van der Waals surface area contributed by atoms with Crippen LogP contribution in [-0.4, -0.2) is 11.9 Å². The fraction of sp³-hybridized carbons (Fsp3) is 0.364. The summed E-state index contributed by atoms with van der Waals surface area (Å²) in [5, 5.41) is 0. The monoisotopic (exact) mass is 338 g/mol. The molecule has 0 bridgehead atoms. The van der Waals surface area contributed by atoms with Crippen LogP contribution in [-0.2, 0) is 4.74 Å². The number of esters is 2. The Bertz CT molecular complexity index is 731. The summed E-state index contributed by atoms with van der Waals surface area (Å²) in [6.45, 7) is 8.47. The van der Waals surface area contributed by atoms with Crippen molar-refractivity contribution in [1.29, 1.82) is 0 Å². The van der Waals surface area contributed by atoms with E-state index in [0.29, 0.717) is 23.0 Å². The molecule has 2 aromatic rings. The van der Waals surface area contributed by atoms with Crippen molar-refractivity contribution in [3.63, 3.8) is 0 Å². The molecular weight excluding hydrogens is 312 g/mol. The number of ether oxygens (including phenoxy) is 1. The molecule has 0 aliphatic carbocycles. The largest absolute Gasteiger partial charge is 0.386 e. The Morgan fingerprint density at radius 3 is 1.96 bits per heavy atom. The molecule has 0 amide bonds. The van der Waals surface area contributed by atoms with E-state index in [-0.39, 0.29) is 0 Å². The van der Waals surface area contributed by atoms with Crippen LogP contribution in [0.25, 0.3) is 0 Å². The molecule has 0 fully saturated rings. The van der Waals surface area contributed by atoms with Crippen LogP contribution in [0, 0.1) is 0 Å². The molecule has 0 radical (unpaired) electrons. The molecule has 132 valence electrons. The second-order valence-electron chi connectivity index (χ2n) is 6.54. The zero-order chi connectivity index (χ0) is 18.4. The lowest BCUT2D eigenvalue weighted by Crippen LogP contribution is -2.13. The first-order chi connectivity index (χ1) is 12.0. The summed E-state index contributed by atoms with van der Waals surface area (Å²) in [6.07, 6.45) is 2.02. The van der Waals surface area contributed by atoms with Crippen molar-refractivity contribution < 1.29 is 14.3 Å². The molecule has 3 heteroatoms. The standard InChI is InChI=1S/C22H26O3/c1-5-15(3)17-10-12-18(13-11-17)21(23)25-22(24)20-9-7-8-19(14-20)16(4)6-2/h7-16H,5-6H2,1-4H3. The van der Waals surface area contributed by atoms with Crippen LogP contribution in [0.4, 0.5) is 0 Å². The third-order valence-electron chi connectivity index (χ3n) is 4.82. The number of carbonyl (C=O) groups excluding carboxylic acids is 2. The van der Waals surface area contributed by atoms with E-state index in [9.17, 15) is 9.59 Å². The minimum atomic E-state index is -0.616. The Balaban J connectivity index is 2.08. The lowest BCUT2D eigenvalue weighted by molar-refractivity contribution is 0.0397. The molecule has 2 atom stereocenters. The first kappa shape index (κ1) is 18.9. The SMILES string of the molecule is CCC(C)c1ccc(C(=O)OC(=O)c2cccc(C(C)CC)c2)cc1. The molecule has 0 aromatic heterocycles. The van der Waals surface area contributed by atoms with Gasteiger partial charge in [-0.1, -0.05) is 52.0 Å². The Hall–Kier alpha value is -2.42. The summed E-state index contributed by atoms with van der Waals surface area (Å²) in [7, 11) is 0. The molecule has 25 heavy (non-hydrogen) atoms. The summed E-state index contributed by atoms with van der Waals surface area (Å²) in [5.74, 6) is -0.428. The summed E-state index contributed by atoms with van der Waals surface area (Å²) < 4.78 is 5.04. The van der Waals surface area contributed by atoms with E-state index in [1.54, 1.807) is 24.3 Å². The molecule has 2 unspecified atom stereocenters. The number of hydrogen-bond acceptors (Lipinski definition) is 3. The molecule has 0 aliphatic heterocycles. The van der Waals surface area contributed by atoms with Gasteiger partial charge in [0.05, 0.1) is 11.1 Å².